The number of nitrogens with zero attached hydrogens (tertiary/aromatic N) is 3. The molecule has 2 aliphatic rings. The van der Waals surface area contributed by atoms with Crippen molar-refractivity contribution >= 4 is 11.6 Å². The number of carbonyl (C=O) groups excluding carboxylic acids is 1. The Morgan fingerprint density at radius 3 is 2.54 bits per heavy atom. The Labute approximate surface area is 167 Å². The molecule has 2 saturated heterocycles. The third-order valence-electron chi connectivity index (χ3n) is 5.93. The van der Waals surface area contributed by atoms with Crippen LogP contribution in [0.1, 0.15) is 24.4 Å². The second-order valence-corrected chi connectivity index (χ2v) is 7.61. The Kier molecular flexibility index (Phi) is 5.81. The highest BCUT2D eigenvalue weighted by atomic mass is 16.5. The molecule has 1 amide bonds. The minimum Gasteiger partial charge on any atom is -0.497 e. The van der Waals surface area contributed by atoms with E-state index in [-0.39, 0.29) is 5.91 Å². The first-order chi connectivity index (χ1) is 13.7. The zero-order chi connectivity index (χ0) is 19.3. The van der Waals surface area contributed by atoms with Gasteiger partial charge in [0.25, 0.3) is 0 Å². The number of benzene rings is 2. The first kappa shape index (κ1) is 18.8. The molecule has 148 valence electrons. The highest BCUT2D eigenvalue weighted by Crippen LogP contribution is 2.33. The second kappa shape index (κ2) is 8.65. The Morgan fingerprint density at radius 1 is 1.00 bits per heavy atom. The van der Waals surface area contributed by atoms with Crippen LogP contribution in [-0.4, -0.2) is 62.1 Å². The fraction of sp³-hybridized carbons (Fsp3) is 0.435. The first-order valence-corrected chi connectivity index (χ1v) is 10.2. The predicted molar refractivity (Wildman–Crippen MR) is 112 cm³/mol. The fourth-order valence-electron chi connectivity index (χ4n) is 4.37. The lowest BCUT2D eigenvalue weighted by Crippen LogP contribution is -2.51. The normalized spacial score (nSPS) is 20.4. The number of carbonyl (C=O) groups is 1. The Bertz CT molecular complexity index is 787. The zero-order valence-corrected chi connectivity index (χ0v) is 16.6. The molecule has 2 aromatic rings. The van der Waals surface area contributed by atoms with Gasteiger partial charge in [0.15, 0.2) is 0 Å². The lowest BCUT2D eigenvalue weighted by atomic mass is 10.0. The maximum absolute atomic E-state index is 12.9. The molecule has 28 heavy (non-hydrogen) atoms. The van der Waals surface area contributed by atoms with E-state index < -0.39 is 0 Å². The van der Waals surface area contributed by atoms with Crippen molar-refractivity contribution in [2.24, 2.45) is 0 Å². The predicted octanol–water partition coefficient (Wildman–Crippen LogP) is 3.18. The molecule has 0 aliphatic carbocycles. The summed E-state index contributed by atoms with van der Waals surface area (Å²) in [6.45, 7) is 4.88. The van der Waals surface area contributed by atoms with Crippen LogP contribution in [0, 0.1) is 0 Å². The number of anilines is 1. The molecule has 0 saturated carbocycles. The first-order valence-electron chi connectivity index (χ1n) is 10.2. The van der Waals surface area contributed by atoms with Gasteiger partial charge >= 0.3 is 0 Å². The quantitative estimate of drug-likeness (QED) is 0.799. The average Bonchev–Trinajstić information content (AvgIpc) is 3.22. The molecule has 2 aliphatic heterocycles. The molecular formula is C23H29N3O2. The van der Waals surface area contributed by atoms with Crippen molar-refractivity contribution in [1.82, 2.24) is 9.80 Å². The van der Waals surface area contributed by atoms with Gasteiger partial charge in [-0.1, -0.05) is 30.3 Å². The average molecular weight is 380 g/mol. The van der Waals surface area contributed by atoms with Crippen LogP contribution in [-0.2, 0) is 4.79 Å². The van der Waals surface area contributed by atoms with Crippen LogP contribution in [0.4, 0.5) is 5.69 Å². The van der Waals surface area contributed by atoms with Gasteiger partial charge in [-0.2, -0.15) is 0 Å². The van der Waals surface area contributed by atoms with Crippen molar-refractivity contribution in [3.63, 3.8) is 0 Å². The number of para-hydroxylation sites is 1. The highest BCUT2D eigenvalue weighted by Gasteiger charge is 2.30. The van der Waals surface area contributed by atoms with E-state index in [1.54, 1.807) is 7.11 Å². The number of rotatable bonds is 5. The molecular weight excluding hydrogens is 350 g/mol. The van der Waals surface area contributed by atoms with E-state index in [9.17, 15) is 4.79 Å². The van der Waals surface area contributed by atoms with Crippen LogP contribution in [0.2, 0.25) is 0 Å². The van der Waals surface area contributed by atoms with E-state index in [4.69, 9.17) is 4.74 Å². The van der Waals surface area contributed by atoms with E-state index in [1.165, 1.54) is 11.3 Å². The van der Waals surface area contributed by atoms with Crippen molar-refractivity contribution in [1.29, 1.82) is 0 Å². The van der Waals surface area contributed by atoms with Crippen LogP contribution >= 0.6 is 0 Å². The van der Waals surface area contributed by atoms with Crippen LogP contribution in [0.5, 0.6) is 5.75 Å². The number of hydrogen-bond donors (Lipinski definition) is 0. The molecule has 0 radical (unpaired) electrons. The standard InChI is InChI=1S/C23H29N3O2/c1-28-21-10-5-7-19(17-21)22-11-6-12-26(22)18-23(27)25-15-13-24(14-16-25)20-8-3-2-4-9-20/h2-5,7-10,17,22H,6,11-16,18H2,1H3. The van der Waals surface area contributed by atoms with Crippen LogP contribution in [0.3, 0.4) is 0 Å². The molecule has 1 atom stereocenters. The van der Waals surface area contributed by atoms with Gasteiger partial charge < -0.3 is 14.5 Å². The SMILES string of the molecule is COc1cccc(C2CCCN2CC(=O)N2CCN(c3ccccc3)CC2)c1. The molecule has 0 N–H and O–H groups in total. The lowest BCUT2D eigenvalue weighted by molar-refractivity contribution is -0.133. The van der Waals surface area contributed by atoms with Gasteiger partial charge in [0.1, 0.15) is 5.75 Å². The second-order valence-electron chi connectivity index (χ2n) is 7.61. The third-order valence-corrected chi connectivity index (χ3v) is 5.93. The maximum Gasteiger partial charge on any atom is 0.236 e. The highest BCUT2D eigenvalue weighted by molar-refractivity contribution is 5.78. The van der Waals surface area contributed by atoms with E-state index in [0.717, 1.165) is 51.3 Å². The summed E-state index contributed by atoms with van der Waals surface area (Å²) in [6, 6.07) is 19.0. The summed E-state index contributed by atoms with van der Waals surface area (Å²) in [5.41, 5.74) is 2.49. The number of hydrogen-bond acceptors (Lipinski definition) is 4. The number of ether oxygens (including phenoxy) is 1. The summed E-state index contributed by atoms with van der Waals surface area (Å²) in [4.78, 5) is 19.7. The van der Waals surface area contributed by atoms with E-state index in [0.29, 0.717) is 12.6 Å². The smallest absolute Gasteiger partial charge is 0.236 e. The van der Waals surface area contributed by atoms with Crippen molar-refractivity contribution in [2.75, 3.05) is 51.3 Å². The van der Waals surface area contributed by atoms with E-state index in [1.807, 2.05) is 23.1 Å². The monoisotopic (exact) mass is 379 g/mol. The minimum absolute atomic E-state index is 0.252. The van der Waals surface area contributed by atoms with Gasteiger partial charge in [-0.25, -0.2) is 0 Å². The van der Waals surface area contributed by atoms with Crippen molar-refractivity contribution in [3.05, 3.63) is 60.2 Å². The maximum atomic E-state index is 12.9. The molecule has 1 unspecified atom stereocenters. The molecule has 5 nitrogen and oxygen atoms in total. The number of amides is 1. The van der Waals surface area contributed by atoms with E-state index >= 15 is 0 Å². The molecule has 5 heteroatoms. The Morgan fingerprint density at radius 2 is 1.79 bits per heavy atom. The number of likely N-dealkylation sites (tertiary alicyclic amines) is 1. The summed E-state index contributed by atoms with van der Waals surface area (Å²) in [6.07, 6.45) is 2.24. The molecule has 0 spiro atoms. The lowest BCUT2D eigenvalue weighted by Gasteiger charge is -2.37. The van der Waals surface area contributed by atoms with Gasteiger partial charge in [-0.05, 0) is 49.2 Å². The molecule has 2 heterocycles. The third kappa shape index (κ3) is 4.14. The molecule has 4 rings (SSSR count). The van der Waals surface area contributed by atoms with Gasteiger partial charge in [-0.15, -0.1) is 0 Å². The number of methoxy groups -OCH3 is 1. The summed E-state index contributed by atoms with van der Waals surface area (Å²) in [5, 5.41) is 0. The summed E-state index contributed by atoms with van der Waals surface area (Å²) < 4.78 is 5.37. The van der Waals surface area contributed by atoms with Crippen molar-refractivity contribution in [3.8, 4) is 5.75 Å². The fourth-order valence-corrected chi connectivity index (χ4v) is 4.37. The van der Waals surface area contributed by atoms with Gasteiger partial charge in [0.2, 0.25) is 5.91 Å². The van der Waals surface area contributed by atoms with Crippen LogP contribution < -0.4 is 9.64 Å². The largest absolute Gasteiger partial charge is 0.497 e. The molecule has 2 fully saturated rings. The number of piperazine rings is 1. The van der Waals surface area contributed by atoms with E-state index in [2.05, 4.69) is 46.2 Å². The molecule has 0 bridgehead atoms. The topological polar surface area (TPSA) is 36.0 Å². The van der Waals surface area contributed by atoms with Gasteiger partial charge in [0, 0.05) is 37.9 Å². The summed E-state index contributed by atoms with van der Waals surface area (Å²) in [5.74, 6) is 1.13. The van der Waals surface area contributed by atoms with Gasteiger partial charge in [-0.3, -0.25) is 9.69 Å². The summed E-state index contributed by atoms with van der Waals surface area (Å²) in [7, 11) is 1.70. The minimum atomic E-state index is 0.252. The van der Waals surface area contributed by atoms with Crippen molar-refractivity contribution in [2.45, 2.75) is 18.9 Å². The summed E-state index contributed by atoms with van der Waals surface area (Å²) >= 11 is 0. The van der Waals surface area contributed by atoms with Crippen molar-refractivity contribution < 1.29 is 9.53 Å². The molecule has 2 aromatic carbocycles. The van der Waals surface area contributed by atoms with Crippen LogP contribution in [0.15, 0.2) is 54.6 Å². The molecule has 0 aromatic heterocycles. The zero-order valence-electron chi connectivity index (χ0n) is 16.6. The Balaban J connectivity index is 1.34. The Hall–Kier alpha value is -2.53. The van der Waals surface area contributed by atoms with Gasteiger partial charge in [0.05, 0.1) is 13.7 Å². The van der Waals surface area contributed by atoms with Crippen LogP contribution in [0.25, 0.3) is 0 Å².